The average Bonchev–Trinajstić information content (AvgIpc) is 3.15. The predicted molar refractivity (Wildman–Crippen MR) is 89.1 cm³/mol. The molecule has 0 unspecified atom stereocenters. The van der Waals surface area contributed by atoms with Gasteiger partial charge in [0.2, 0.25) is 10.9 Å². The van der Waals surface area contributed by atoms with Gasteiger partial charge in [-0.2, -0.15) is 0 Å². The molecule has 3 rings (SSSR count). The number of hydrogen-bond donors (Lipinski definition) is 1. The van der Waals surface area contributed by atoms with Crippen molar-refractivity contribution < 1.29 is 21.7 Å². The Hall–Kier alpha value is -2.16. The van der Waals surface area contributed by atoms with E-state index in [4.69, 9.17) is 20.5 Å². The van der Waals surface area contributed by atoms with Gasteiger partial charge in [0.05, 0.1) is 5.69 Å². The van der Waals surface area contributed by atoms with E-state index in [1.165, 1.54) is 30.3 Å². The van der Waals surface area contributed by atoms with Crippen LogP contribution in [0.2, 0.25) is 5.02 Å². The van der Waals surface area contributed by atoms with Gasteiger partial charge in [0.15, 0.2) is 5.76 Å². The largest absolute Gasteiger partial charge is 0.440 e. The fraction of sp³-hybridized carbons (Fsp3) is 0.188. The lowest BCUT2D eigenvalue weighted by Crippen LogP contribution is -2.23. The van der Waals surface area contributed by atoms with Crippen LogP contribution in [0.4, 0.5) is 4.39 Å². The molecule has 3 aromatic rings. The molecule has 0 saturated heterocycles. The summed E-state index contributed by atoms with van der Waals surface area (Å²) in [5, 5.41) is 3.62. The van der Waals surface area contributed by atoms with Crippen molar-refractivity contribution in [2.45, 2.75) is 25.5 Å². The summed E-state index contributed by atoms with van der Waals surface area (Å²) in [6.45, 7) is 3.25. The second kappa shape index (κ2) is 6.62. The van der Waals surface area contributed by atoms with Crippen molar-refractivity contribution in [3.8, 4) is 11.5 Å². The van der Waals surface area contributed by atoms with E-state index in [-0.39, 0.29) is 28.0 Å². The Morgan fingerprint density at radius 3 is 2.64 bits per heavy atom. The van der Waals surface area contributed by atoms with Gasteiger partial charge in [-0.3, -0.25) is 0 Å². The fourth-order valence-corrected chi connectivity index (χ4v) is 3.32. The molecule has 1 N–H and O–H groups in total. The van der Waals surface area contributed by atoms with Crippen LogP contribution in [0.5, 0.6) is 0 Å². The molecule has 0 bridgehead atoms. The van der Waals surface area contributed by atoms with Gasteiger partial charge < -0.3 is 8.94 Å². The molecule has 2 heterocycles. The van der Waals surface area contributed by atoms with Gasteiger partial charge in [-0.1, -0.05) is 22.8 Å². The smallest absolute Gasteiger partial charge is 0.274 e. The molecule has 0 aliphatic heterocycles. The van der Waals surface area contributed by atoms with Gasteiger partial charge in [0, 0.05) is 22.7 Å². The zero-order valence-corrected chi connectivity index (χ0v) is 14.9. The molecule has 0 aliphatic rings. The van der Waals surface area contributed by atoms with Gasteiger partial charge in [-0.25, -0.2) is 17.5 Å². The van der Waals surface area contributed by atoms with Crippen molar-refractivity contribution in [3.63, 3.8) is 0 Å². The predicted octanol–water partition coefficient (Wildman–Crippen LogP) is 3.82. The van der Waals surface area contributed by atoms with Crippen LogP contribution in [-0.2, 0) is 16.6 Å². The highest BCUT2D eigenvalue weighted by Crippen LogP contribution is 2.29. The lowest BCUT2D eigenvalue weighted by molar-refractivity contribution is 0.397. The zero-order valence-electron chi connectivity index (χ0n) is 13.3. The van der Waals surface area contributed by atoms with E-state index < -0.39 is 15.8 Å². The van der Waals surface area contributed by atoms with Crippen LogP contribution in [0.3, 0.4) is 0 Å². The van der Waals surface area contributed by atoms with E-state index in [0.29, 0.717) is 11.5 Å². The number of benzene rings is 1. The SMILES string of the molecule is Cc1noc(-c2ccc(S(=O)(=O)NCc3c(F)cccc3Cl)o2)c1C. The lowest BCUT2D eigenvalue weighted by atomic mass is 10.2. The average molecular weight is 385 g/mol. The third kappa shape index (κ3) is 3.46. The van der Waals surface area contributed by atoms with Crippen LogP contribution in [-0.4, -0.2) is 13.6 Å². The first-order valence-electron chi connectivity index (χ1n) is 7.25. The van der Waals surface area contributed by atoms with Crippen molar-refractivity contribution in [2.24, 2.45) is 0 Å². The number of nitrogens with one attached hydrogen (secondary N) is 1. The monoisotopic (exact) mass is 384 g/mol. The fourth-order valence-electron chi connectivity index (χ4n) is 2.17. The van der Waals surface area contributed by atoms with Crippen LogP contribution in [0.15, 0.2) is 44.4 Å². The number of rotatable bonds is 5. The maximum Gasteiger partial charge on any atom is 0.274 e. The number of halogens is 2. The van der Waals surface area contributed by atoms with Gasteiger partial charge in [-0.15, -0.1) is 0 Å². The van der Waals surface area contributed by atoms with E-state index in [1.807, 2.05) is 0 Å². The number of hydrogen-bond acceptors (Lipinski definition) is 5. The van der Waals surface area contributed by atoms with Crippen LogP contribution in [0.25, 0.3) is 11.5 Å². The van der Waals surface area contributed by atoms with E-state index in [1.54, 1.807) is 13.8 Å². The first kappa shape index (κ1) is 17.7. The normalized spacial score (nSPS) is 11.8. The minimum absolute atomic E-state index is 0.0567. The van der Waals surface area contributed by atoms with Crippen LogP contribution >= 0.6 is 11.6 Å². The molecule has 2 aromatic heterocycles. The van der Waals surface area contributed by atoms with E-state index in [0.717, 1.165) is 5.56 Å². The minimum Gasteiger partial charge on any atom is -0.440 e. The van der Waals surface area contributed by atoms with E-state index in [9.17, 15) is 12.8 Å². The highest BCUT2D eigenvalue weighted by atomic mass is 35.5. The Morgan fingerprint density at radius 2 is 2.00 bits per heavy atom. The third-order valence-electron chi connectivity index (χ3n) is 3.73. The minimum atomic E-state index is -3.99. The summed E-state index contributed by atoms with van der Waals surface area (Å²) in [5.74, 6) is 0.00147. The number of aromatic nitrogens is 1. The molecule has 9 heteroatoms. The molecular formula is C16H14ClFN2O4S. The Balaban J connectivity index is 1.83. The second-order valence-corrected chi connectivity index (χ2v) is 7.47. The summed E-state index contributed by atoms with van der Waals surface area (Å²) in [5.41, 5.74) is 1.49. The first-order chi connectivity index (χ1) is 11.8. The molecule has 0 aliphatic carbocycles. The maximum absolute atomic E-state index is 13.7. The molecule has 1 aromatic carbocycles. The maximum atomic E-state index is 13.7. The number of furan rings is 1. The standard InChI is InChI=1S/C16H14ClFN2O4S/c1-9-10(2)20-24-16(9)14-6-7-15(23-14)25(21,22)19-8-11-12(17)4-3-5-13(11)18/h3-7,19H,8H2,1-2H3. The third-order valence-corrected chi connectivity index (χ3v) is 5.36. The van der Waals surface area contributed by atoms with Gasteiger partial charge >= 0.3 is 0 Å². The van der Waals surface area contributed by atoms with Gasteiger partial charge in [-0.05, 0) is 38.1 Å². The summed E-state index contributed by atoms with van der Waals surface area (Å²) in [7, 11) is -3.99. The Morgan fingerprint density at radius 1 is 1.24 bits per heavy atom. The number of sulfonamides is 1. The lowest BCUT2D eigenvalue weighted by Gasteiger charge is -2.07. The van der Waals surface area contributed by atoms with E-state index >= 15 is 0 Å². The molecule has 25 heavy (non-hydrogen) atoms. The summed E-state index contributed by atoms with van der Waals surface area (Å²) in [6, 6.07) is 6.88. The first-order valence-corrected chi connectivity index (χ1v) is 9.11. The summed E-state index contributed by atoms with van der Waals surface area (Å²) < 4.78 is 51.2. The topological polar surface area (TPSA) is 85.3 Å². The molecule has 0 fully saturated rings. The second-order valence-electron chi connectivity index (χ2n) is 5.37. The highest BCUT2D eigenvalue weighted by Gasteiger charge is 2.22. The Labute approximate surface area is 148 Å². The number of nitrogens with zero attached hydrogens (tertiary/aromatic N) is 1. The Bertz CT molecular complexity index is 1010. The quantitative estimate of drug-likeness (QED) is 0.722. The van der Waals surface area contributed by atoms with Crippen molar-refractivity contribution in [1.29, 1.82) is 0 Å². The number of aryl methyl sites for hydroxylation is 1. The summed E-state index contributed by atoms with van der Waals surface area (Å²) in [4.78, 5) is 0. The van der Waals surface area contributed by atoms with E-state index in [2.05, 4.69) is 9.88 Å². The van der Waals surface area contributed by atoms with Gasteiger partial charge in [0.1, 0.15) is 5.82 Å². The Kier molecular flexibility index (Phi) is 4.68. The molecule has 0 amide bonds. The van der Waals surface area contributed by atoms with Crippen molar-refractivity contribution in [2.75, 3.05) is 0 Å². The summed E-state index contributed by atoms with van der Waals surface area (Å²) in [6.07, 6.45) is 0. The highest BCUT2D eigenvalue weighted by molar-refractivity contribution is 7.89. The molecule has 132 valence electrons. The molecular weight excluding hydrogens is 371 g/mol. The van der Waals surface area contributed by atoms with Crippen molar-refractivity contribution in [1.82, 2.24) is 9.88 Å². The molecule has 0 atom stereocenters. The van der Waals surface area contributed by atoms with Crippen LogP contribution in [0.1, 0.15) is 16.8 Å². The van der Waals surface area contributed by atoms with Crippen LogP contribution < -0.4 is 4.72 Å². The zero-order chi connectivity index (χ0) is 18.2. The molecule has 0 saturated carbocycles. The molecule has 6 nitrogen and oxygen atoms in total. The van der Waals surface area contributed by atoms with Gasteiger partial charge in [0.25, 0.3) is 10.0 Å². The van der Waals surface area contributed by atoms with Crippen molar-refractivity contribution >= 4 is 21.6 Å². The summed E-state index contributed by atoms with van der Waals surface area (Å²) >= 11 is 5.89. The molecule has 0 spiro atoms. The van der Waals surface area contributed by atoms with Crippen LogP contribution in [0, 0.1) is 19.7 Å². The van der Waals surface area contributed by atoms with Crippen molar-refractivity contribution in [3.05, 3.63) is 58.0 Å². The molecule has 0 radical (unpaired) electrons.